The molecule has 0 aliphatic rings. The highest BCUT2D eigenvalue weighted by Crippen LogP contribution is 2.29. The number of hydrogen-bond acceptors (Lipinski definition) is 5. The first-order chi connectivity index (χ1) is 8.20. The summed E-state index contributed by atoms with van der Waals surface area (Å²) in [6, 6.07) is 4.14. The number of nitrogens with two attached hydrogens (primary N) is 1. The van der Waals surface area contributed by atoms with Gasteiger partial charge in [-0.1, -0.05) is 11.8 Å². The Bertz CT molecular complexity index is 521. The van der Waals surface area contributed by atoms with Crippen LogP contribution in [0.4, 0.5) is 14.6 Å². The second kappa shape index (κ2) is 5.07. The lowest BCUT2D eigenvalue weighted by Gasteiger charge is -2.06. The van der Waals surface area contributed by atoms with Crippen LogP contribution in [-0.4, -0.2) is 9.97 Å². The predicted molar refractivity (Wildman–Crippen MR) is 60.3 cm³/mol. The molecule has 0 amide bonds. The molecule has 0 saturated heterocycles. The first-order valence-electron chi connectivity index (χ1n) is 4.61. The standard InChI is InChI=1S/C10H8F2N4S/c11-7-5-8(12)10(15-9(7)16-13)17-6-1-3-14-4-2-6/h1-5H,13H2,(H,15,16). The largest absolute Gasteiger partial charge is 0.306 e. The summed E-state index contributed by atoms with van der Waals surface area (Å²) in [7, 11) is 0. The van der Waals surface area contributed by atoms with Crippen LogP contribution in [0.2, 0.25) is 0 Å². The van der Waals surface area contributed by atoms with Crippen molar-refractivity contribution < 1.29 is 8.78 Å². The summed E-state index contributed by atoms with van der Waals surface area (Å²) in [5.41, 5.74) is 2.07. The third-order valence-corrected chi connectivity index (χ3v) is 2.89. The maximum absolute atomic E-state index is 13.4. The van der Waals surface area contributed by atoms with Crippen molar-refractivity contribution in [2.75, 3.05) is 5.43 Å². The Morgan fingerprint density at radius 2 is 1.88 bits per heavy atom. The van der Waals surface area contributed by atoms with Crippen LogP contribution in [0, 0.1) is 11.6 Å². The molecule has 2 heterocycles. The molecule has 0 aliphatic carbocycles. The summed E-state index contributed by atoms with van der Waals surface area (Å²) >= 11 is 1.06. The number of aromatic nitrogens is 2. The third kappa shape index (κ3) is 2.69. The van der Waals surface area contributed by atoms with E-state index in [1.54, 1.807) is 24.5 Å². The molecule has 0 atom stereocenters. The minimum atomic E-state index is -0.830. The van der Waals surface area contributed by atoms with Gasteiger partial charge in [0.05, 0.1) is 0 Å². The van der Waals surface area contributed by atoms with E-state index < -0.39 is 11.6 Å². The van der Waals surface area contributed by atoms with Gasteiger partial charge in [0.1, 0.15) is 5.03 Å². The fourth-order valence-corrected chi connectivity index (χ4v) is 1.91. The molecule has 0 saturated carbocycles. The molecule has 0 bridgehead atoms. The van der Waals surface area contributed by atoms with Crippen molar-refractivity contribution in [2.24, 2.45) is 5.84 Å². The number of anilines is 1. The maximum Gasteiger partial charge on any atom is 0.177 e. The minimum absolute atomic E-state index is 0.0468. The summed E-state index contributed by atoms with van der Waals surface area (Å²) in [5, 5.41) is 0.0468. The van der Waals surface area contributed by atoms with Crippen molar-refractivity contribution in [3.63, 3.8) is 0 Å². The van der Waals surface area contributed by atoms with E-state index in [-0.39, 0.29) is 10.8 Å². The van der Waals surface area contributed by atoms with E-state index in [0.29, 0.717) is 0 Å². The number of nitrogen functional groups attached to an aromatic ring is 1. The quantitative estimate of drug-likeness (QED) is 0.649. The Kier molecular flexibility index (Phi) is 3.50. The number of pyridine rings is 2. The number of hydrogen-bond donors (Lipinski definition) is 2. The second-order valence-electron chi connectivity index (χ2n) is 3.04. The molecule has 0 fully saturated rings. The van der Waals surface area contributed by atoms with Crippen molar-refractivity contribution in [1.82, 2.24) is 9.97 Å². The normalized spacial score (nSPS) is 10.3. The molecule has 3 N–H and O–H groups in total. The van der Waals surface area contributed by atoms with E-state index in [1.165, 1.54) is 0 Å². The minimum Gasteiger partial charge on any atom is -0.306 e. The lowest BCUT2D eigenvalue weighted by atomic mass is 10.4. The van der Waals surface area contributed by atoms with Crippen molar-refractivity contribution in [1.29, 1.82) is 0 Å². The van der Waals surface area contributed by atoms with Crippen LogP contribution in [0.3, 0.4) is 0 Å². The van der Waals surface area contributed by atoms with Crippen LogP contribution in [0.1, 0.15) is 0 Å². The van der Waals surface area contributed by atoms with Gasteiger partial charge in [-0.2, -0.15) is 0 Å². The lowest BCUT2D eigenvalue weighted by Crippen LogP contribution is -2.11. The van der Waals surface area contributed by atoms with E-state index in [2.05, 4.69) is 15.4 Å². The summed E-state index contributed by atoms with van der Waals surface area (Å²) in [6.45, 7) is 0. The number of halogens is 2. The van der Waals surface area contributed by atoms with Crippen molar-refractivity contribution in [3.05, 3.63) is 42.2 Å². The lowest BCUT2D eigenvalue weighted by molar-refractivity contribution is 0.551. The molecule has 2 rings (SSSR count). The van der Waals surface area contributed by atoms with Gasteiger partial charge in [-0.05, 0) is 12.1 Å². The molecule has 4 nitrogen and oxygen atoms in total. The van der Waals surface area contributed by atoms with Gasteiger partial charge >= 0.3 is 0 Å². The molecule has 0 radical (unpaired) electrons. The molecule has 17 heavy (non-hydrogen) atoms. The Morgan fingerprint density at radius 1 is 1.18 bits per heavy atom. The van der Waals surface area contributed by atoms with Gasteiger partial charge in [0.25, 0.3) is 0 Å². The van der Waals surface area contributed by atoms with Crippen LogP contribution in [0.5, 0.6) is 0 Å². The van der Waals surface area contributed by atoms with Gasteiger partial charge in [-0.15, -0.1) is 0 Å². The molecule has 0 unspecified atom stereocenters. The van der Waals surface area contributed by atoms with Crippen LogP contribution in [0.15, 0.2) is 40.5 Å². The molecule has 2 aromatic heterocycles. The number of rotatable bonds is 3. The molecule has 0 aliphatic heterocycles. The first-order valence-corrected chi connectivity index (χ1v) is 5.43. The first kappa shape index (κ1) is 11.7. The molecule has 7 heteroatoms. The Morgan fingerprint density at radius 3 is 2.53 bits per heavy atom. The highest BCUT2D eigenvalue weighted by atomic mass is 32.2. The number of nitrogens with one attached hydrogen (secondary N) is 1. The van der Waals surface area contributed by atoms with Gasteiger partial charge in [-0.3, -0.25) is 4.98 Å². The van der Waals surface area contributed by atoms with Gasteiger partial charge in [-0.25, -0.2) is 19.6 Å². The van der Waals surface area contributed by atoms with Crippen LogP contribution in [-0.2, 0) is 0 Å². The third-order valence-electron chi connectivity index (χ3n) is 1.90. The Balaban J connectivity index is 2.33. The van der Waals surface area contributed by atoms with E-state index in [0.717, 1.165) is 22.7 Å². The fourth-order valence-electron chi connectivity index (χ4n) is 1.14. The van der Waals surface area contributed by atoms with Gasteiger partial charge < -0.3 is 5.43 Å². The maximum atomic E-state index is 13.4. The highest BCUT2D eigenvalue weighted by Gasteiger charge is 2.12. The molecular formula is C10H8F2N4S. The topological polar surface area (TPSA) is 63.8 Å². The zero-order valence-electron chi connectivity index (χ0n) is 8.52. The van der Waals surface area contributed by atoms with Gasteiger partial charge in [0, 0.05) is 23.4 Å². The van der Waals surface area contributed by atoms with Gasteiger partial charge in [0.15, 0.2) is 17.5 Å². The van der Waals surface area contributed by atoms with E-state index in [1.807, 2.05) is 0 Å². The summed E-state index contributed by atoms with van der Waals surface area (Å²) in [4.78, 5) is 8.33. The van der Waals surface area contributed by atoms with E-state index in [4.69, 9.17) is 5.84 Å². The fraction of sp³-hybridized carbons (Fsp3) is 0. The van der Waals surface area contributed by atoms with E-state index in [9.17, 15) is 8.78 Å². The second-order valence-corrected chi connectivity index (χ2v) is 4.10. The summed E-state index contributed by atoms with van der Waals surface area (Å²) < 4.78 is 26.6. The van der Waals surface area contributed by atoms with Crippen LogP contribution >= 0.6 is 11.8 Å². The molecule has 0 spiro atoms. The molecule has 0 aromatic carbocycles. The summed E-state index contributed by atoms with van der Waals surface area (Å²) in [5.74, 6) is 3.31. The molecule has 88 valence electrons. The average molecular weight is 254 g/mol. The van der Waals surface area contributed by atoms with Crippen LogP contribution < -0.4 is 11.3 Å². The average Bonchev–Trinajstić information content (AvgIpc) is 2.34. The SMILES string of the molecule is NNc1nc(Sc2ccncc2)c(F)cc1F. The number of hydrazine groups is 1. The number of nitrogens with zero attached hydrogens (tertiary/aromatic N) is 2. The zero-order chi connectivity index (χ0) is 12.3. The molecule has 2 aromatic rings. The zero-order valence-corrected chi connectivity index (χ0v) is 9.34. The predicted octanol–water partition coefficient (Wildman–Crippen LogP) is 2.19. The van der Waals surface area contributed by atoms with Gasteiger partial charge in [0.2, 0.25) is 0 Å². The summed E-state index contributed by atoms with van der Waals surface area (Å²) in [6.07, 6.45) is 3.15. The van der Waals surface area contributed by atoms with Crippen LogP contribution in [0.25, 0.3) is 0 Å². The van der Waals surface area contributed by atoms with Crippen molar-refractivity contribution >= 4 is 17.6 Å². The Labute approximate surface area is 100 Å². The van der Waals surface area contributed by atoms with Crippen molar-refractivity contribution in [2.45, 2.75) is 9.92 Å². The molecular weight excluding hydrogens is 246 g/mol. The van der Waals surface area contributed by atoms with E-state index >= 15 is 0 Å². The smallest absolute Gasteiger partial charge is 0.177 e. The Hall–Kier alpha value is -1.73. The highest BCUT2D eigenvalue weighted by molar-refractivity contribution is 7.99. The monoisotopic (exact) mass is 254 g/mol. The van der Waals surface area contributed by atoms with Crippen molar-refractivity contribution in [3.8, 4) is 0 Å².